The molecule has 0 bridgehead atoms. The summed E-state index contributed by atoms with van der Waals surface area (Å²) >= 11 is 0. The largest absolute Gasteiger partial charge is 0.382 e. The van der Waals surface area contributed by atoms with Crippen LogP contribution in [0.2, 0.25) is 0 Å². The van der Waals surface area contributed by atoms with E-state index in [1.807, 2.05) is 36.4 Å². The minimum absolute atomic E-state index is 0.122. The molecule has 0 heterocycles. The Labute approximate surface area is 142 Å². The van der Waals surface area contributed by atoms with E-state index in [2.05, 4.69) is 10.0 Å². The van der Waals surface area contributed by atoms with Gasteiger partial charge in [0.1, 0.15) is 5.82 Å². The van der Waals surface area contributed by atoms with Gasteiger partial charge in [-0.2, -0.15) is 0 Å². The van der Waals surface area contributed by atoms with E-state index < -0.39 is 10.0 Å². The molecule has 1 aliphatic rings. The van der Waals surface area contributed by atoms with Crippen molar-refractivity contribution in [2.45, 2.75) is 31.3 Å². The molecule has 0 spiro atoms. The lowest BCUT2D eigenvalue weighted by atomic mass is 9.75. The van der Waals surface area contributed by atoms with Crippen LogP contribution in [-0.2, 0) is 16.6 Å². The summed E-state index contributed by atoms with van der Waals surface area (Å²) < 4.78 is 38.4. The fourth-order valence-electron chi connectivity index (χ4n) is 2.96. The fourth-order valence-corrected chi connectivity index (χ4v) is 3.39. The normalized spacial score (nSPS) is 20.4. The smallest absolute Gasteiger partial charge is 0.209 e. The molecule has 0 radical (unpaired) electrons. The Kier molecular flexibility index (Phi) is 4.87. The third kappa shape index (κ3) is 4.33. The van der Waals surface area contributed by atoms with E-state index in [0.29, 0.717) is 6.04 Å². The second-order valence-electron chi connectivity index (χ2n) is 6.32. The number of hydrogen-bond acceptors (Lipinski definition) is 3. The molecule has 2 N–H and O–H groups in total. The van der Waals surface area contributed by atoms with Crippen molar-refractivity contribution in [2.75, 3.05) is 11.6 Å². The molecule has 128 valence electrons. The van der Waals surface area contributed by atoms with Crippen LogP contribution in [0.3, 0.4) is 0 Å². The third-order valence-corrected chi connectivity index (χ3v) is 5.02. The first-order valence-electron chi connectivity index (χ1n) is 7.95. The van der Waals surface area contributed by atoms with Crippen molar-refractivity contribution in [1.29, 1.82) is 0 Å². The summed E-state index contributed by atoms with van der Waals surface area (Å²) in [6, 6.07) is 15.0. The van der Waals surface area contributed by atoms with E-state index >= 15 is 0 Å². The summed E-state index contributed by atoms with van der Waals surface area (Å²) in [5.74, 6) is 0.158. The highest BCUT2D eigenvalue weighted by Gasteiger charge is 2.31. The summed E-state index contributed by atoms with van der Waals surface area (Å²) in [6.45, 7) is 0.290. The Morgan fingerprint density at radius 2 is 1.75 bits per heavy atom. The minimum atomic E-state index is -3.18. The first-order chi connectivity index (χ1) is 11.4. The highest BCUT2D eigenvalue weighted by molar-refractivity contribution is 7.88. The van der Waals surface area contributed by atoms with Crippen LogP contribution in [0.1, 0.15) is 29.9 Å². The van der Waals surface area contributed by atoms with Crippen LogP contribution in [0.15, 0.2) is 48.5 Å². The Balaban J connectivity index is 1.50. The predicted molar refractivity (Wildman–Crippen MR) is 93.9 cm³/mol. The SMILES string of the molecule is CS(=O)(=O)NCc1ccc(NC2CC(c3ccccc3F)C2)cc1. The van der Waals surface area contributed by atoms with Gasteiger partial charge in [0.15, 0.2) is 0 Å². The molecule has 0 aliphatic heterocycles. The maximum Gasteiger partial charge on any atom is 0.209 e. The van der Waals surface area contributed by atoms with Crippen LogP contribution in [0, 0.1) is 5.82 Å². The number of benzene rings is 2. The maximum atomic E-state index is 13.7. The summed E-state index contributed by atoms with van der Waals surface area (Å²) in [4.78, 5) is 0. The topological polar surface area (TPSA) is 58.2 Å². The highest BCUT2D eigenvalue weighted by Crippen LogP contribution is 2.39. The summed E-state index contributed by atoms with van der Waals surface area (Å²) in [7, 11) is -3.18. The maximum absolute atomic E-state index is 13.7. The summed E-state index contributed by atoms with van der Waals surface area (Å²) in [5.41, 5.74) is 2.71. The summed E-state index contributed by atoms with van der Waals surface area (Å²) in [5, 5.41) is 3.44. The van der Waals surface area contributed by atoms with Gasteiger partial charge in [0.25, 0.3) is 0 Å². The van der Waals surface area contributed by atoms with Crippen LogP contribution >= 0.6 is 0 Å². The molecule has 6 heteroatoms. The van der Waals surface area contributed by atoms with Crippen molar-refractivity contribution in [1.82, 2.24) is 4.72 Å². The van der Waals surface area contributed by atoms with Gasteiger partial charge in [0.2, 0.25) is 10.0 Å². The zero-order valence-electron chi connectivity index (χ0n) is 13.5. The predicted octanol–water partition coefficient (Wildman–Crippen LogP) is 3.23. The van der Waals surface area contributed by atoms with Gasteiger partial charge in [-0.3, -0.25) is 0 Å². The van der Waals surface area contributed by atoms with Crippen LogP contribution in [0.25, 0.3) is 0 Å². The average Bonchev–Trinajstić information content (AvgIpc) is 2.50. The van der Waals surface area contributed by atoms with Crippen LogP contribution < -0.4 is 10.0 Å². The lowest BCUT2D eigenvalue weighted by molar-refractivity contribution is 0.363. The average molecular weight is 348 g/mol. The monoisotopic (exact) mass is 348 g/mol. The van der Waals surface area contributed by atoms with Gasteiger partial charge >= 0.3 is 0 Å². The van der Waals surface area contributed by atoms with Gasteiger partial charge in [-0.15, -0.1) is 0 Å². The van der Waals surface area contributed by atoms with E-state index in [1.165, 1.54) is 6.07 Å². The molecule has 2 aromatic rings. The lowest BCUT2D eigenvalue weighted by Gasteiger charge is -2.37. The van der Waals surface area contributed by atoms with Crippen molar-refractivity contribution in [2.24, 2.45) is 0 Å². The lowest BCUT2D eigenvalue weighted by Crippen LogP contribution is -2.34. The molecule has 0 aromatic heterocycles. The number of halogens is 1. The number of hydrogen-bond donors (Lipinski definition) is 2. The third-order valence-electron chi connectivity index (χ3n) is 4.35. The molecule has 0 unspecified atom stereocenters. The van der Waals surface area contributed by atoms with E-state index in [1.54, 1.807) is 6.07 Å². The van der Waals surface area contributed by atoms with Crippen LogP contribution in [0.4, 0.5) is 10.1 Å². The number of nitrogens with one attached hydrogen (secondary N) is 2. The molecule has 0 saturated heterocycles. The number of anilines is 1. The number of rotatable bonds is 6. The van der Waals surface area contributed by atoms with Gasteiger partial charge in [0.05, 0.1) is 6.26 Å². The second-order valence-corrected chi connectivity index (χ2v) is 8.15. The Hall–Kier alpha value is -1.92. The molecule has 4 nitrogen and oxygen atoms in total. The highest BCUT2D eigenvalue weighted by atomic mass is 32.2. The standard InChI is InChI=1S/C18H21FN2O2S/c1-24(22,23)20-12-13-6-8-15(9-7-13)21-16-10-14(11-16)17-4-2-3-5-18(17)19/h2-9,14,16,20-21H,10-12H2,1H3. The molecule has 3 rings (SSSR count). The molecule has 1 aliphatic carbocycles. The van der Waals surface area contributed by atoms with Gasteiger partial charge in [0, 0.05) is 18.3 Å². The molecule has 1 fully saturated rings. The van der Waals surface area contributed by atoms with E-state index in [-0.39, 0.29) is 18.3 Å². The van der Waals surface area contributed by atoms with Gasteiger partial charge in [-0.25, -0.2) is 17.5 Å². The zero-order chi connectivity index (χ0) is 17.2. The molecule has 2 aromatic carbocycles. The van der Waals surface area contributed by atoms with E-state index in [0.717, 1.165) is 35.9 Å². The van der Waals surface area contributed by atoms with Crippen LogP contribution in [0.5, 0.6) is 0 Å². The van der Waals surface area contributed by atoms with E-state index in [4.69, 9.17) is 0 Å². The van der Waals surface area contributed by atoms with E-state index in [9.17, 15) is 12.8 Å². The molecule has 0 atom stereocenters. The van der Waals surface area contributed by atoms with Gasteiger partial charge < -0.3 is 5.32 Å². The quantitative estimate of drug-likeness (QED) is 0.843. The second kappa shape index (κ2) is 6.91. The van der Waals surface area contributed by atoms with Crippen molar-refractivity contribution in [3.63, 3.8) is 0 Å². The Morgan fingerprint density at radius 1 is 1.08 bits per heavy atom. The molecule has 24 heavy (non-hydrogen) atoms. The summed E-state index contributed by atoms with van der Waals surface area (Å²) in [6.07, 6.45) is 2.97. The first kappa shape index (κ1) is 16.9. The molecular formula is C18H21FN2O2S. The zero-order valence-corrected chi connectivity index (χ0v) is 14.3. The van der Waals surface area contributed by atoms with Gasteiger partial charge in [-0.05, 0) is 48.1 Å². The van der Waals surface area contributed by atoms with Crippen molar-refractivity contribution in [3.05, 3.63) is 65.5 Å². The first-order valence-corrected chi connectivity index (χ1v) is 9.84. The van der Waals surface area contributed by atoms with Crippen molar-refractivity contribution in [3.8, 4) is 0 Å². The molecule has 1 saturated carbocycles. The molecule has 0 amide bonds. The van der Waals surface area contributed by atoms with Gasteiger partial charge in [-0.1, -0.05) is 30.3 Å². The number of sulfonamides is 1. The van der Waals surface area contributed by atoms with Crippen LogP contribution in [-0.4, -0.2) is 20.7 Å². The fraction of sp³-hybridized carbons (Fsp3) is 0.333. The molecular weight excluding hydrogens is 327 g/mol. The Bertz CT molecular complexity index is 800. The Morgan fingerprint density at radius 3 is 2.38 bits per heavy atom. The van der Waals surface area contributed by atoms with Crippen molar-refractivity contribution < 1.29 is 12.8 Å². The van der Waals surface area contributed by atoms with Crippen molar-refractivity contribution >= 4 is 15.7 Å². The minimum Gasteiger partial charge on any atom is -0.382 e.